The molecule has 2 aliphatic carbocycles. The van der Waals surface area contributed by atoms with Crippen molar-refractivity contribution in [1.29, 1.82) is 0 Å². The highest BCUT2D eigenvalue weighted by molar-refractivity contribution is 5.92. The number of amides is 1. The Morgan fingerprint density at radius 1 is 1.07 bits per heavy atom. The van der Waals surface area contributed by atoms with Crippen LogP contribution in [0, 0.1) is 5.92 Å². The van der Waals surface area contributed by atoms with Crippen molar-refractivity contribution < 1.29 is 9.32 Å². The molecule has 3 aliphatic rings. The Bertz CT molecular complexity index is 832. The fourth-order valence-electron chi connectivity index (χ4n) is 4.93. The van der Waals surface area contributed by atoms with E-state index in [0.717, 1.165) is 49.8 Å². The van der Waals surface area contributed by atoms with Crippen molar-refractivity contribution in [3.63, 3.8) is 0 Å². The monoisotopic (exact) mass is 397 g/mol. The van der Waals surface area contributed by atoms with E-state index in [4.69, 9.17) is 9.51 Å². The number of piperidine rings is 1. The lowest BCUT2D eigenvalue weighted by molar-refractivity contribution is 0.0662. The van der Waals surface area contributed by atoms with Crippen LogP contribution in [0.15, 0.2) is 10.6 Å². The van der Waals surface area contributed by atoms with Crippen molar-refractivity contribution in [2.24, 2.45) is 5.92 Å². The minimum absolute atomic E-state index is 0.0440. The SMILES string of the molecule is O=C(c1cc(C2CC2)[nH]n1)N1CCC[C@@H](Cc2nc(C3CCCCCC3)no2)C1. The lowest BCUT2D eigenvalue weighted by Crippen LogP contribution is -2.40. The Morgan fingerprint density at radius 2 is 1.90 bits per heavy atom. The van der Waals surface area contributed by atoms with Gasteiger partial charge in [-0.1, -0.05) is 30.8 Å². The molecule has 2 saturated carbocycles. The summed E-state index contributed by atoms with van der Waals surface area (Å²) in [5.41, 5.74) is 1.67. The summed E-state index contributed by atoms with van der Waals surface area (Å²) in [5.74, 6) is 3.09. The Morgan fingerprint density at radius 3 is 2.69 bits per heavy atom. The van der Waals surface area contributed by atoms with E-state index < -0.39 is 0 Å². The average molecular weight is 398 g/mol. The van der Waals surface area contributed by atoms with Crippen molar-refractivity contribution in [1.82, 2.24) is 25.2 Å². The van der Waals surface area contributed by atoms with Crippen LogP contribution in [-0.4, -0.2) is 44.2 Å². The van der Waals surface area contributed by atoms with Crippen molar-refractivity contribution >= 4 is 5.91 Å². The first-order chi connectivity index (χ1) is 14.3. The van der Waals surface area contributed by atoms with Crippen molar-refractivity contribution in [3.8, 4) is 0 Å². The van der Waals surface area contributed by atoms with Gasteiger partial charge in [0, 0.05) is 37.0 Å². The maximum atomic E-state index is 12.9. The molecule has 156 valence electrons. The summed E-state index contributed by atoms with van der Waals surface area (Å²) < 4.78 is 5.60. The van der Waals surface area contributed by atoms with Crippen LogP contribution in [0.1, 0.15) is 104 Å². The standard InChI is InChI=1S/C22H31N5O2/c28-22(19-13-18(24-25-19)16-9-10-16)27-11-5-6-15(14-27)12-20-23-21(26-29-20)17-7-3-1-2-4-8-17/h13,15-17H,1-12,14H2,(H,24,25)/t15-/m0/s1. The normalized spacial score (nSPS) is 23.9. The van der Waals surface area contributed by atoms with E-state index in [0.29, 0.717) is 23.4 Å². The summed E-state index contributed by atoms with van der Waals surface area (Å²) in [6, 6.07) is 1.95. The first-order valence-electron chi connectivity index (χ1n) is 11.4. The highest BCUT2D eigenvalue weighted by Gasteiger charge is 2.30. The Labute approximate surface area is 171 Å². The summed E-state index contributed by atoms with van der Waals surface area (Å²) in [7, 11) is 0. The minimum Gasteiger partial charge on any atom is -0.339 e. The largest absolute Gasteiger partial charge is 0.339 e. The predicted octanol–water partition coefficient (Wildman–Crippen LogP) is 4.20. The zero-order valence-corrected chi connectivity index (χ0v) is 17.1. The highest BCUT2D eigenvalue weighted by atomic mass is 16.5. The number of H-pyrrole nitrogens is 1. The van der Waals surface area contributed by atoms with Gasteiger partial charge in [0.25, 0.3) is 5.91 Å². The molecule has 0 bridgehead atoms. The fourth-order valence-corrected chi connectivity index (χ4v) is 4.93. The van der Waals surface area contributed by atoms with Gasteiger partial charge in [0.1, 0.15) is 5.69 Å². The lowest BCUT2D eigenvalue weighted by Gasteiger charge is -2.31. The maximum absolute atomic E-state index is 12.9. The van der Waals surface area contributed by atoms with Gasteiger partial charge < -0.3 is 9.42 Å². The molecule has 7 heteroatoms. The van der Waals surface area contributed by atoms with Crippen LogP contribution in [0.2, 0.25) is 0 Å². The predicted molar refractivity (Wildman–Crippen MR) is 108 cm³/mol. The Kier molecular flexibility index (Phi) is 5.38. The first-order valence-corrected chi connectivity index (χ1v) is 11.4. The van der Waals surface area contributed by atoms with Gasteiger partial charge in [-0.3, -0.25) is 9.89 Å². The van der Waals surface area contributed by atoms with Gasteiger partial charge in [-0.2, -0.15) is 10.1 Å². The molecule has 1 aliphatic heterocycles. The van der Waals surface area contributed by atoms with E-state index in [9.17, 15) is 4.79 Å². The summed E-state index contributed by atoms with van der Waals surface area (Å²) in [5, 5.41) is 11.6. The topological polar surface area (TPSA) is 87.9 Å². The number of nitrogens with one attached hydrogen (secondary N) is 1. The van der Waals surface area contributed by atoms with E-state index >= 15 is 0 Å². The van der Waals surface area contributed by atoms with Gasteiger partial charge in [0.15, 0.2) is 5.82 Å². The molecule has 5 rings (SSSR count). The van der Waals surface area contributed by atoms with Gasteiger partial charge in [0.2, 0.25) is 5.89 Å². The number of aromatic nitrogens is 4. The lowest BCUT2D eigenvalue weighted by atomic mass is 9.94. The molecule has 1 N–H and O–H groups in total. The van der Waals surface area contributed by atoms with Crippen molar-refractivity contribution in [3.05, 3.63) is 29.2 Å². The second-order valence-corrected chi connectivity index (χ2v) is 9.18. The molecule has 3 heterocycles. The van der Waals surface area contributed by atoms with Crippen molar-refractivity contribution in [2.75, 3.05) is 13.1 Å². The highest BCUT2D eigenvalue weighted by Crippen LogP contribution is 2.39. The van der Waals surface area contributed by atoms with Gasteiger partial charge in [-0.05, 0) is 50.5 Å². The van der Waals surface area contributed by atoms with Gasteiger partial charge in [-0.25, -0.2) is 0 Å². The molecule has 0 unspecified atom stereocenters. The number of hydrogen-bond donors (Lipinski definition) is 1. The van der Waals surface area contributed by atoms with Crippen LogP contribution in [0.3, 0.4) is 0 Å². The van der Waals surface area contributed by atoms with Crippen molar-refractivity contribution in [2.45, 2.75) is 82.5 Å². The third-order valence-electron chi connectivity index (χ3n) is 6.81. The second-order valence-electron chi connectivity index (χ2n) is 9.18. The molecule has 2 aromatic heterocycles. The summed E-state index contributed by atoms with van der Waals surface area (Å²) in [6.45, 7) is 1.55. The quantitative estimate of drug-likeness (QED) is 0.764. The van der Waals surface area contributed by atoms with Gasteiger partial charge >= 0.3 is 0 Å². The molecule has 3 fully saturated rings. The molecule has 0 spiro atoms. The smallest absolute Gasteiger partial charge is 0.274 e. The summed E-state index contributed by atoms with van der Waals surface area (Å²) >= 11 is 0. The number of carbonyl (C=O) groups is 1. The second kappa shape index (κ2) is 8.28. The van der Waals surface area contributed by atoms with Crippen LogP contribution < -0.4 is 0 Å². The zero-order valence-electron chi connectivity index (χ0n) is 17.1. The number of carbonyl (C=O) groups excluding carboxylic acids is 1. The van der Waals surface area contributed by atoms with Crippen LogP contribution in [0.25, 0.3) is 0 Å². The van der Waals surface area contributed by atoms with Crippen LogP contribution >= 0.6 is 0 Å². The number of likely N-dealkylation sites (tertiary alicyclic amines) is 1. The summed E-state index contributed by atoms with van der Waals surface area (Å²) in [4.78, 5) is 19.6. The van der Waals surface area contributed by atoms with E-state index in [1.807, 2.05) is 11.0 Å². The first kappa shape index (κ1) is 18.8. The summed E-state index contributed by atoms with van der Waals surface area (Å²) in [6.07, 6.45) is 12.8. The Balaban J connectivity index is 1.19. The molecular weight excluding hydrogens is 366 g/mol. The molecule has 0 radical (unpaired) electrons. The molecule has 2 aromatic rings. The van der Waals surface area contributed by atoms with Crippen LogP contribution in [0.4, 0.5) is 0 Å². The van der Waals surface area contributed by atoms with E-state index in [-0.39, 0.29) is 5.91 Å². The van der Waals surface area contributed by atoms with Crippen LogP contribution in [0.5, 0.6) is 0 Å². The Hall–Kier alpha value is -2.18. The molecular formula is C22H31N5O2. The molecule has 0 aromatic carbocycles. The average Bonchev–Trinajstić information content (AvgIpc) is 3.40. The van der Waals surface area contributed by atoms with Gasteiger partial charge in [-0.15, -0.1) is 0 Å². The van der Waals surface area contributed by atoms with Crippen LogP contribution in [-0.2, 0) is 6.42 Å². The number of nitrogens with zero attached hydrogens (tertiary/aromatic N) is 4. The number of aromatic amines is 1. The number of rotatable bonds is 5. The molecule has 1 amide bonds. The molecule has 1 saturated heterocycles. The molecule has 7 nitrogen and oxygen atoms in total. The number of hydrogen-bond acceptors (Lipinski definition) is 5. The molecule has 29 heavy (non-hydrogen) atoms. The molecule has 1 atom stereocenters. The fraction of sp³-hybridized carbons (Fsp3) is 0.727. The third kappa shape index (κ3) is 4.38. The third-order valence-corrected chi connectivity index (χ3v) is 6.81. The minimum atomic E-state index is 0.0440. The van der Waals surface area contributed by atoms with Gasteiger partial charge in [0.05, 0.1) is 0 Å². The maximum Gasteiger partial charge on any atom is 0.274 e. The van der Waals surface area contributed by atoms with E-state index in [1.54, 1.807) is 0 Å². The zero-order chi connectivity index (χ0) is 19.6. The van der Waals surface area contributed by atoms with E-state index in [1.165, 1.54) is 51.4 Å². The van der Waals surface area contributed by atoms with E-state index in [2.05, 4.69) is 15.4 Å².